The van der Waals surface area contributed by atoms with Crippen LogP contribution in [0.15, 0.2) is 64.3 Å². The van der Waals surface area contributed by atoms with Crippen molar-refractivity contribution >= 4 is 11.6 Å². The number of aliphatic hydroxyl groups is 1. The van der Waals surface area contributed by atoms with Gasteiger partial charge in [-0.25, -0.2) is 0 Å². The fourth-order valence-electron chi connectivity index (χ4n) is 3.55. The van der Waals surface area contributed by atoms with Gasteiger partial charge in [0, 0.05) is 12.0 Å². The molecule has 8 heteroatoms. The molecule has 2 aromatic carbocycles. The average molecular weight is 406 g/mol. The molecule has 0 unspecified atom stereocenters. The number of nitrogens with zero attached hydrogens (tertiary/aromatic N) is 4. The van der Waals surface area contributed by atoms with E-state index in [9.17, 15) is 4.79 Å². The molecule has 0 spiro atoms. The Morgan fingerprint density at radius 3 is 2.63 bits per heavy atom. The molecule has 3 aromatic rings. The first-order valence-corrected chi connectivity index (χ1v) is 9.68. The zero-order valence-electron chi connectivity index (χ0n) is 16.6. The van der Waals surface area contributed by atoms with Crippen molar-refractivity contribution in [3.63, 3.8) is 0 Å². The van der Waals surface area contributed by atoms with Crippen LogP contribution in [-0.4, -0.2) is 52.0 Å². The highest BCUT2D eigenvalue weighted by molar-refractivity contribution is 6.00. The topological polar surface area (TPSA) is 101 Å². The number of rotatable bonds is 6. The van der Waals surface area contributed by atoms with Gasteiger partial charge in [-0.05, 0) is 23.3 Å². The van der Waals surface area contributed by atoms with Crippen molar-refractivity contribution in [1.82, 2.24) is 15.0 Å². The van der Waals surface area contributed by atoms with Crippen LogP contribution in [0.3, 0.4) is 0 Å². The molecule has 1 aliphatic rings. The normalized spacial score (nSPS) is 17.5. The van der Waals surface area contributed by atoms with E-state index in [2.05, 4.69) is 15.3 Å². The van der Waals surface area contributed by atoms with Crippen molar-refractivity contribution in [2.75, 3.05) is 20.3 Å². The predicted molar refractivity (Wildman–Crippen MR) is 110 cm³/mol. The number of carbonyl (C=O) groups is 1. The van der Waals surface area contributed by atoms with Gasteiger partial charge in [0.15, 0.2) is 5.82 Å². The first-order chi connectivity index (χ1) is 14.7. The molecule has 30 heavy (non-hydrogen) atoms. The first-order valence-electron chi connectivity index (χ1n) is 9.68. The average Bonchev–Trinajstić information content (AvgIpc) is 3.42. The fraction of sp³-hybridized carbons (Fsp3) is 0.273. The summed E-state index contributed by atoms with van der Waals surface area (Å²) in [4.78, 5) is 24.2. The Labute approximate surface area is 173 Å². The summed E-state index contributed by atoms with van der Waals surface area (Å²) in [6, 6.07) is 17.1. The van der Waals surface area contributed by atoms with E-state index in [-0.39, 0.29) is 18.9 Å². The minimum atomic E-state index is -0.406. The SMILES string of the molecule is CO/N=C1/C[C@@H](c2noc(CCO)n2)N(C(=O)c2ccc(-c3ccccc3)cc2)C1. The zero-order chi connectivity index (χ0) is 20.9. The first kappa shape index (κ1) is 19.8. The third kappa shape index (κ3) is 4.08. The molecule has 1 saturated heterocycles. The highest BCUT2D eigenvalue weighted by Crippen LogP contribution is 2.31. The summed E-state index contributed by atoms with van der Waals surface area (Å²) in [5, 5.41) is 17.1. The standard InChI is InChI=1S/C22H22N4O4/c1-29-24-18-13-19(21-23-20(11-12-27)30-25-21)26(14-18)22(28)17-9-7-16(8-10-17)15-5-3-2-4-6-15/h2-10,19,27H,11-14H2,1H3/b24-18-/t19-/m0/s1. The van der Waals surface area contributed by atoms with Crippen LogP contribution in [0, 0.1) is 0 Å². The Balaban J connectivity index is 1.59. The third-order valence-electron chi connectivity index (χ3n) is 4.99. The number of oxime groups is 1. The van der Waals surface area contributed by atoms with Gasteiger partial charge in [0.2, 0.25) is 5.89 Å². The van der Waals surface area contributed by atoms with Crippen LogP contribution < -0.4 is 0 Å². The number of likely N-dealkylation sites (tertiary alicyclic amines) is 1. The monoisotopic (exact) mass is 406 g/mol. The lowest BCUT2D eigenvalue weighted by molar-refractivity contribution is 0.0732. The van der Waals surface area contributed by atoms with Crippen molar-refractivity contribution in [2.24, 2.45) is 5.16 Å². The van der Waals surface area contributed by atoms with E-state index in [1.807, 2.05) is 54.6 Å². The molecule has 1 aliphatic heterocycles. The summed E-state index contributed by atoms with van der Waals surface area (Å²) in [5.41, 5.74) is 3.43. The Hall–Kier alpha value is -3.52. The van der Waals surface area contributed by atoms with Crippen molar-refractivity contribution in [3.8, 4) is 11.1 Å². The smallest absolute Gasteiger partial charge is 0.254 e. The summed E-state index contributed by atoms with van der Waals surface area (Å²) in [5.74, 6) is 0.590. The van der Waals surface area contributed by atoms with Crippen molar-refractivity contribution in [1.29, 1.82) is 0 Å². The van der Waals surface area contributed by atoms with Crippen LogP contribution in [-0.2, 0) is 11.3 Å². The Morgan fingerprint density at radius 2 is 1.93 bits per heavy atom. The molecule has 0 bridgehead atoms. The van der Waals surface area contributed by atoms with E-state index in [0.29, 0.717) is 30.2 Å². The van der Waals surface area contributed by atoms with Crippen molar-refractivity contribution in [3.05, 3.63) is 71.9 Å². The highest BCUT2D eigenvalue weighted by atomic mass is 16.6. The summed E-state index contributed by atoms with van der Waals surface area (Å²) >= 11 is 0. The van der Waals surface area contributed by atoms with E-state index in [1.165, 1.54) is 7.11 Å². The summed E-state index contributed by atoms with van der Waals surface area (Å²) in [6.45, 7) is 0.237. The number of aromatic nitrogens is 2. The molecule has 8 nitrogen and oxygen atoms in total. The number of aliphatic hydroxyl groups excluding tert-OH is 1. The third-order valence-corrected chi connectivity index (χ3v) is 4.99. The molecule has 0 saturated carbocycles. The molecule has 1 aromatic heterocycles. The minimum absolute atomic E-state index is 0.0842. The number of amides is 1. The van der Waals surface area contributed by atoms with Gasteiger partial charge >= 0.3 is 0 Å². The highest BCUT2D eigenvalue weighted by Gasteiger charge is 2.37. The summed E-state index contributed by atoms with van der Waals surface area (Å²) < 4.78 is 5.18. The zero-order valence-corrected chi connectivity index (χ0v) is 16.6. The molecule has 154 valence electrons. The number of carbonyl (C=O) groups excluding carboxylic acids is 1. The van der Waals surface area contributed by atoms with Crippen LogP contribution in [0.2, 0.25) is 0 Å². The molecule has 1 N–H and O–H groups in total. The van der Waals surface area contributed by atoms with E-state index < -0.39 is 6.04 Å². The molecular formula is C22H22N4O4. The lowest BCUT2D eigenvalue weighted by atomic mass is 10.0. The van der Waals surface area contributed by atoms with Gasteiger partial charge in [-0.15, -0.1) is 0 Å². The molecule has 0 aliphatic carbocycles. The van der Waals surface area contributed by atoms with Gasteiger partial charge in [0.05, 0.1) is 25.3 Å². The number of benzene rings is 2. The number of hydrogen-bond acceptors (Lipinski definition) is 7. The van der Waals surface area contributed by atoms with E-state index in [1.54, 1.807) is 4.90 Å². The van der Waals surface area contributed by atoms with Crippen LogP contribution in [0.4, 0.5) is 0 Å². The predicted octanol–water partition coefficient (Wildman–Crippen LogP) is 2.86. The lowest BCUT2D eigenvalue weighted by Crippen LogP contribution is -2.31. The van der Waals surface area contributed by atoms with E-state index in [4.69, 9.17) is 14.5 Å². The van der Waals surface area contributed by atoms with Crippen molar-refractivity contribution < 1.29 is 19.3 Å². The fourth-order valence-corrected chi connectivity index (χ4v) is 3.55. The van der Waals surface area contributed by atoms with Gasteiger partial charge in [-0.1, -0.05) is 52.8 Å². The second-order valence-corrected chi connectivity index (χ2v) is 6.96. The van der Waals surface area contributed by atoms with Gasteiger partial charge in [-0.3, -0.25) is 4.79 Å². The quantitative estimate of drug-likeness (QED) is 0.632. The Bertz CT molecular complexity index is 1030. The molecular weight excluding hydrogens is 384 g/mol. The van der Waals surface area contributed by atoms with Crippen LogP contribution >= 0.6 is 0 Å². The second kappa shape index (κ2) is 8.87. The maximum absolute atomic E-state index is 13.3. The van der Waals surface area contributed by atoms with Gasteiger partial charge in [0.1, 0.15) is 13.2 Å². The van der Waals surface area contributed by atoms with Crippen LogP contribution in [0.1, 0.15) is 34.5 Å². The van der Waals surface area contributed by atoms with Gasteiger partial charge in [-0.2, -0.15) is 4.98 Å². The van der Waals surface area contributed by atoms with Crippen LogP contribution in [0.5, 0.6) is 0 Å². The van der Waals surface area contributed by atoms with Gasteiger partial charge < -0.3 is 19.4 Å². The molecule has 4 rings (SSSR count). The molecule has 0 radical (unpaired) electrons. The molecule has 2 heterocycles. The van der Waals surface area contributed by atoms with E-state index >= 15 is 0 Å². The Morgan fingerprint density at radius 1 is 1.20 bits per heavy atom. The molecule has 1 atom stereocenters. The Kier molecular flexibility index (Phi) is 5.85. The van der Waals surface area contributed by atoms with E-state index in [0.717, 1.165) is 16.8 Å². The maximum Gasteiger partial charge on any atom is 0.254 e. The van der Waals surface area contributed by atoms with Crippen molar-refractivity contribution in [2.45, 2.75) is 18.9 Å². The van der Waals surface area contributed by atoms with Gasteiger partial charge in [0.25, 0.3) is 5.91 Å². The number of hydrogen-bond donors (Lipinski definition) is 1. The summed E-state index contributed by atoms with van der Waals surface area (Å²) in [7, 11) is 1.47. The van der Waals surface area contributed by atoms with Crippen LogP contribution in [0.25, 0.3) is 11.1 Å². The maximum atomic E-state index is 13.3. The lowest BCUT2D eigenvalue weighted by Gasteiger charge is -2.21. The molecule has 1 amide bonds. The second-order valence-electron chi connectivity index (χ2n) is 6.96. The molecule has 1 fully saturated rings. The summed E-state index contributed by atoms with van der Waals surface area (Å²) in [6.07, 6.45) is 0.730. The largest absolute Gasteiger partial charge is 0.399 e. The minimum Gasteiger partial charge on any atom is -0.399 e.